The van der Waals surface area contributed by atoms with Crippen LogP contribution in [0.15, 0.2) is 97.1 Å². The van der Waals surface area contributed by atoms with Gasteiger partial charge in [-0.2, -0.15) is 0 Å². The Morgan fingerprint density at radius 1 is 0.558 bits per heavy atom. The number of rotatable bonds is 12. The lowest BCUT2D eigenvalue weighted by Gasteiger charge is -2.24. The number of carbonyl (C=O) groups is 3. The summed E-state index contributed by atoms with van der Waals surface area (Å²) in [5.41, 5.74) is 3.32. The van der Waals surface area contributed by atoms with Crippen LogP contribution in [0.3, 0.4) is 0 Å². The van der Waals surface area contributed by atoms with Gasteiger partial charge in [0.15, 0.2) is 5.78 Å². The third-order valence-electron chi connectivity index (χ3n) is 8.14. The molecule has 0 heterocycles. The predicted octanol–water partition coefficient (Wildman–Crippen LogP) is 12.0. The van der Waals surface area contributed by atoms with Crippen LogP contribution in [0.1, 0.15) is 147 Å². The zero-order valence-electron chi connectivity index (χ0n) is 31.5. The summed E-state index contributed by atoms with van der Waals surface area (Å²) >= 11 is 11.9. The first kappa shape index (κ1) is 42.4. The average Bonchev–Trinajstić information content (AvgIpc) is 3.09. The van der Waals surface area contributed by atoms with Gasteiger partial charge in [-0.3, -0.25) is 4.79 Å². The van der Waals surface area contributed by atoms with Gasteiger partial charge in [-0.1, -0.05) is 86.3 Å². The molecule has 4 rings (SSSR count). The van der Waals surface area contributed by atoms with Crippen molar-refractivity contribution < 1.29 is 29.0 Å². The fourth-order valence-corrected chi connectivity index (χ4v) is 5.91. The third kappa shape index (κ3) is 13.2. The van der Waals surface area contributed by atoms with Crippen molar-refractivity contribution in [2.75, 3.05) is 0 Å². The van der Waals surface area contributed by atoms with E-state index in [1.54, 1.807) is 60.7 Å². The Labute approximate surface area is 319 Å². The van der Waals surface area contributed by atoms with Crippen LogP contribution < -0.4 is 0 Å². The molecule has 0 fully saturated rings. The van der Waals surface area contributed by atoms with Gasteiger partial charge in [0.1, 0.15) is 11.2 Å². The van der Waals surface area contributed by atoms with E-state index < -0.39 is 17.3 Å². The van der Waals surface area contributed by atoms with E-state index in [-0.39, 0.29) is 29.6 Å². The maximum atomic E-state index is 12.9. The molecule has 1 N–H and O–H groups in total. The molecule has 0 radical (unpaired) electrons. The Morgan fingerprint density at radius 2 is 0.923 bits per heavy atom. The second kappa shape index (κ2) is 19.2. The van der Waals surface area contributed by atoms with E-state index >= 15 is 0 Å². The molecule has 0 spiro atoms. The van der Waals surface area contributed by atoms with E-state index in [4.69, 9.17) is 32.7 Å². The van der Waals surface area contributed by atoms with Crippen molar-refractivity contribution in [2.24, 2.45) is 0 Å². The molecule has 0 saturated heterocycles. The molecule has 4 aromatic carbocycles. The molecule has 0 aliphatic heterocycles. The van der Waals surface area contributed by atoms with Gasteiger partial charge in [-0.25, -0.2) is 9.59 Å². The Hall–Kier alpha value is -3.97. The highest BCUT2D eigenvalue weighted by atomic mass is 35.5. The van der Waals surface area contributed by atoms with Gasteiger partial charge in [0.2, 0.25) is 0 Å². The molecule has 6 nitrogen and oxygen atoms in total. The molecule has 0 aromatic heterocycles. The number of Topliss-reactive ketones (excluding diaryl/α,β-unsaturated/α-hetero) is 1. The molecule has 3 atom stereocenters. The smallest absolute Gasteiger partial charge is 0.338 e. The fraction of sp³-hybridized carbons (Fsp3) is 0.386. The second-order valence-corrected chi connectivity index (χ2v) is 15.7. The highest BCUT2D eigenvalue weighted by Crippen LogP contribution is 2.35. The predicted molar refractivity (Wildman–Crippen MR) is 211 cm³/mol. The maximum Gasteiger partial charge on any atom is 0.338 e. The first-order valence-electron chi connectivity index (χ1n) is 17.8. The number of esters is 2. The Kier molecular flexibility index (Phi) is 15.7. The largest absolute Gasteiger partial charge is 0.456 e. The zero-order chi connectivity index (χ0) is 38.6. The highest BCUT2D eigenvalue weighted by Gasteiger charge is 2.25. The van der Waals surface area contributed by atoms with Crippen LogP contribution in [0.25, 0.3) is 0 Å². The molecule has 1 unspecified atom stereocenters. The zero-order valence-corrected chi connectivity index (χ0v) is 33.1. The van der Waals surface area contributed by atoms with E-state index in [0.29, 0.717) is 26.7 Å². The molecule has 4 aromatic rings. The van der Waals surface area contributed by atoms with Crippen molar-refractivity contribution in [1.29, 1.82) is 0 Å². The van der Waals surface area contributed by atoms with Gasteiger partial charge in [-0.15, -0.1) is 0 Å². The molecular weight excluding hydrogens is 695 g/mol. The first-order chi connectivity index (χ1) is 24.4. The molecule has 0 amide bonds. The normalized spacial score (nSPS) is 13.2. The third-order valence-corrected chi connectivity index (χ3v) is 8.64. The summed E-state index contributed by atoms with van der Waals surface area (Å²) in [7, 11) is 0. The number of hydrogen-bond donors (Lipinski definition) is 1. The minimum atomic E-state index is -0.625. The number of hydrogen-bond acceptors (Lipinski definition) is 6. The second-order valence-electron chi connectivity index (χ2n) is 14.9. The number of aliphatic hydroxyl groups is 1. The number of ether oxygens (including phenoxy) is 2. The quantitative estimate of drug-likeness (QED) is 0.115. The molecule has 0 bridgehead atoms. The number of aliphatic hydroxyl groups excluding tert-OH is 1. The summed E-state index contributed by atoms with van der Waals surface area (Å²) in [5, 5.41) is 12.1. The van der Waals surface area contributed by atoms with Crippen LogP contribution >= 0.6 is 23.2 Å². The van der Waals surface area contributed by atoms with E-state index in [1.165, 1.54) is 0 Å². The maximum absolute atomic E-state index is 12.9. The summed E-state index contributed by atoms with van der Waals surface area (Å²) in [5.74, 6) is -0.925. The minimum absolute atomic E-state index is 0.0473. The molecule has 0 aliphatic carbocycles. The first-order valence-corrected chi connectivity index (χ1v) is 18.6. The molecular formula is C44H52Cl2O6. The SMILES string of the molecule is CCCC(C(=O)c1ccc(Cl)cc1)c1ccc(C(=O)OC(C)(C)C)cc1.CCC[C@H](c1ccc(C(=O)OC(C)(C)C)cc1)[C@@H](O)c1ccc(Cl)cc1. The summed E-state index contributed by atoms with van der Waals surface area (Å²) in [6.07, 6.45) is 2.80. The molecule has 0 aliphatic rings. The van der Waals surface area contributed by atoms with Crippen molar-refractivity contribution in [1.82, 2.24) is 0 Å². The van der Waals surface area contributed by atoms with Crippen molar-refractivity contribution in [2.45, 2.75) is 110 Å². The van der Waals surface area contributed by atoms with Crippen LogP contribution in [-0.4, -0.2) is 34.0 Å². The van der Waals surface area contributed by atoms with Crippen molar-refractivity contribution in [3.63, 3.8) is 0 Å². The summed E-state index contributed by atoms with van der Waals surface area (Å²) < 4.78 is 10.8. The van der Waals surface area contributed by atoms with E-state index in [0.717, 1.165) is 42.4 Å². The lowest BCUT2D eigenvalue weighted by atomic mass is 9.85. The van der Waals surface area contributed by atoms with Gasteiger partial charge >= 0.3 is 11.9 Å². The van der Waals surface area contributed by atoms with Gasteiger partial charge < -0.3 is 14.6 Å². The summed E-state index contributed by atoms with van der Waals surface area (Å²) in [6.45, 7) is 15.2. The van der Waals surface area contributed by atoms with Gasteiger partial charge in [0.25, 0.3) is 0 Å². The van der Waals surface area contributed by atoms with Crippen LogP contribution in [0.4, 0.5) is 0 Å². The van der Waals surface area contributed by atoms with Crippen LogP contribution in [0, 0.1) is 0 Å². The number of halogens is 2. The van der Waals surface area contributed by atoms with Crippen molar-refractivity contribution >= 4 is 40.9 Å². The lowest BCUT2D eigenvalue weighted by Crippen LogP contribution is -2.23. The number of ketones is 1. The number of benzene rings is 4. The molecule has 52 heavy (non-hydrogen) atoms. The van der Waals surface area contributed by atoms with Gasteiger partial charge in [0, 0.05) is 27.4 Å². The minimum Gasteiger partial charge on any atom is -0.456 e. The average molecular weight is 748 g/mol. The number of carbonyl (C=O) groups excluding carboxylic acids is 3. The van der Waals surface area contributed by atoms with E-state index in [9.17, 15) is 19.5 Å². The van der Waals surface area contributed by atoms with E-state index in [2.05, 4.69) is 13.8 Å². The molecule has 8 heteroatoms. The summed E-state index contributed by atoms with van der Waals surface area (Å²) in [4.78, 5) is 37.2. The molecule has 278 valence electrons. The van der Waals surface area contributed by atoms with E-state index in [1.807, 2.05) is 77.9 Å². The Bertz CT molecular complexity index is 1730. The monoisotopic (exact) mass is 746 g/mol. The fourth-order valence-electron chi connectivity index (χ4n) is 5.66. The van der Waals surface area contributed by atoms with Gasteiger partial charge in [-0.05, 0) is 132 Å². The van der Waals surface area contributed by atoms with Crippen molar-refractivity contribution in [3.05, 3.63) is 140 Å². The molecule has 0 saturated carbocycles. The van der Waals surface area contributed by atoms with Crippen LogP contribution in [0.2, 0.25) is 10.0 Å². The van der Waals surface area contributed by atoms with Crippen LogP contribution in [0.5, 0.6) is 0 Å². The lowest BCUT2D eigenvalue weighted by molar-refractivity contribution is 0.00569. The Morgan fingerprint density at radius 3 is 1.33 bits per heavy atom. The standard InChI is InChI=1S/C22H27ClO3.C22H25ClO3/c2*1-5-6-19(20(24)16-11-13-18(23)14-12-16)15-7-9-17(10-8-15)21(25)26-22(2,3)4/h7-14,19-20,24H,5-6H2,1-4H3;7-14,19H,5-6H2,1-4H3/t19-,20+;/m1./s1. The Balaban J connectivity index is 0.000000280. The van der Waals surface area contributed by atoms with Crippen LogP contribution in [-0.2, 0) is 9.47 Å². The topological polar surface area (TPSA) is 89.9 Å². The summed E-state index contributed by atoms with van der Waals surface area (Å²) in [6, 6.07) is 28.7. The van der Waals surface area contributed by atoms with Crippen molar-refractivity contribution in [3.8, 4) is 0 Å². The van der Waals surface area contributed by atoms with Gasteiger partial charge in [0.05, 0.1) is 17.2 Å². The highest BCUT2D eigenvalue weighted by molar-refractivity contribution is 6.30.